The van der Waals surface area contributed by atoms with E-state index in [9.17, 15) is 4.79 Å². The van der Waals surface area contributed by atoms with E-state index in [1.807, 2.05) is 25.6 Å². The summed E-state index contributed by atoms with van der Waals surface area (Å²) in [5.41, 5.74) is 1.60. The van der Waals surface area contributed by atoms with Crippen LogP contribution in [0.5, 0.6) is 0 Å². The fourth-order valence-corrected chi connectivity index (χ4v) is 3.78. The van der Waals surface area contributed by atoms with E-state index in [0.717, 1.165) is 16.5 Å². The van der Waals surface area contributed by atoms with Crippen molar-refractivity contribution in [3.05, 3.63) is 27.4 Å². The minimum absolute atomic E-state index is 0.00980. The summed E-state index contributed by atoms with van der Waals surface area (Å²) in [6.07, 6.45) is 5.84. The Kier molecular flexibility index (Phi) is 4.68. The Morgan fingerprint density at radius 1 is 1.42 bits per heavy atom. The van der Waals surface area contributed by atoms with Crippen molar-refractivity contribution < 1.29 is 0 Å². The lowest BCUT2D eigenvalue weighted by Gasteiger charge is -2.20. The molecular weight excluding hydrogens is 258 g/mol. The molecule has 2 rings (SSSR count). The third kappa shape index (κ3) is 3.39. The Balaban J connectivity index is 2.09. The molecule has 0 spiro atoms. The molecule has 1 heterocycles. The maximum Gasteiger partial charge on any atom is 0.255 e. The van der Waals surface area contributed by atoms with Gasteiger partial charge in [-0.15, -0.1) is 0 Å². The molecule has 0 aromatic carbocycles. The molecule has 0 saturated heterocycles. The van der Waals surface area contributed by atoms with E-state index in [2.05, 4.69) is 28.5 Å². The van der Waals surface area contributed by atoms with Crippen molar-refractivity contribution in [2.24, 2.45) is 0 Å². The van der Waals surface area contributed by atoms with Gasteiger partial charge in [-0.25, -0.2) is 4.98 Å². The number of aromatic amines is 1. The molecule has 3 unspecified atom stereocenters. The molecule has 0 amide bonds. The third-order valence-electron chi connectivity index (χ3n) is 3.90. The molecule has 3 atom stereocenters. The number of hydrogen-bond donors (Lipinski definition) is 2. The standard InChI is InChI=1S/C14H23N3OS/c1-8-13(14(18)17-10(3)15-8)9(2)16-11-5-6-12(7-11)19-4/h9,11-12,16H,5-7H2,1-4H3,(H,15,17,18). The van der Waals surface area contributed by atoms with Gasteiger partial charge in [-0.3, -0.25) is 4.79 Å². The van der Waals surface area contributed by atoms with Gasteiger partial charge in [0.2, 0.25) is 0 Å². The van der Waals surface area contributed by atoms with Crippen LogP contribution in [0.2, 0.25) is 0 Å². The van der Waals surface area contributed by atoms with Crippen LogP contribution in [0.3, 0.4) is 0 Å². The quantitative estimate of drug-likeness (QED) is 0.889. The van der Waals surface area contributed by atoms with Crippen LogP contribution < -0.4 is 10.9 Å². The van der Waals surface area contributed by atoms with Crippen molar-refractivity contribution >= 4 is 11.8 Å². The second kappa shape index (κ2) is 6.09. The Bertz CT molecular complexity index is 500. The molecule has 2 N–H and O–H groups in total. The van der Waals surface area contributed by atoms with Crippen molar-refractivity contribution in [2.45, 2.75) is 57.4 Å². The Labute approximate surface area is 118 Å². The van der Waals surface area contributed by atoms with Gasteiger partial charge in [0.15, 0.2) is 0 Å². The summed E-state index contributed by atoms with van der Waals surface area (Å²) in [6.45, 7) is 5.78. The predicted molar refractivity (Wildman–Crippen MR) is 80.8 cm³/mol. The van der Waals surface area contributed by atoms with Crippen molar-refractivity contribution in [3.8, 4) is 0 Å². The predicted octanol–water partition coefficient (Wildman–Crippen LogP) is 2.32. The van der Waals surface area contributed by atoms with E-state index >= 15 is 0 Å². The molecule has 0 radical (unpaired) electrons. The van der Waals surface area contributed by atoms with E-state index < -0.39 is 0 Å². The minimum atomic E-state index is -0.00980. The lowest BCUT2D eigenvalue weighted by atomic mass is 10.1. The summed E-state index contributed by atoms with van der Waals surface area (Å²) < 4.78 is 0. The van der Waals surface area contributed by atoms with Crippen LogP contribution in [0.1, 0.15) is 49.3 Å². The zero-order valence-corrected chi connectivity index (χ0v) is 12.9. The molecule has 19 heavy (non-hydrogen) atoms. The zero-order valence-electron chi connectivity index (χ0n) is 12.1. The molecule has 0 bridgehead atoms. The molecular formula is C14H23N3OS. The van der Waals surface area contributed by atoms with Gasteiger partial charge in [0.05, 0.1) is 5.56 Å². The highest BCUT2D eigenvalue weighted by Crippen LogP contribution is 2.29. The molecule has 0 aliphatic heterocycles. The number of aromatic nitrogens is 2. The molecule has 1 fully saturated rings. The average molecular weight is 281 g/mol. The van der Waals surface area contributed by atoms with Gasteiger partial charge in [-0.05, 0) is 46.3 Å². The Morgan fingerprint density at radius 3 is 2.74 bits per heavy atom. The number of aryl methyl sites for hydroxylation is 2. The van der Waals surface area contributed by atoms with Crippen molar-refractivity contribution in [3.63, 3.8) is 0 Å². The highest BCUT2D eigenvalue weighted by molar-refractivity contribution is 7.99. The number of thioether (sulfide) groups is 1. The van der Waals surface area contributed by atoms with Crippen molar-refractivity contribution in [1.82, 2.24) is 15.3 Å². The SMILES string of the molecule is CSC1CCC(NC(C)c2c(C)nc(C)[nH]c2=O)C1. The summed E-state index contributed by atoms with van der Waals surface area (Å²) in [5.74, 6) is 0.682. The molecule has 1 aromatic rings. The highest BCUT2D eigenvalue weighted by atomic mass is 32.2. The minimum Gasteiger partial charge on any atom is -0.310 e. The van der Waals surface area contributed by atoms with Crippen LogP contribution >= 0.6 is 11.8 Å². The maximum atomic E-state index is 12.1. The summed E-state index contributed by atoms with van der Waals surface area (Å²) in [4.78, 5) is 19.2. The van der Waals surface area contributed by atoms with Gasteiger partial charge in [-0.2, -0.15) is 11.8 Å². The van der Waals surface area contributed by atoms with Gasteiger partial charge in [-0.1, -0.05) is 0 Å². The fourth-order valence-electron chi connectivity index (χ4n) is 2.99. The van der Waals surface area contributed by atoms with E-state index in [1.54, 1.807) is 0 Å². The topological polar surface area (TPSA) is 57.8 Å². The van der Waals surface area contributed by atoms with Crippen molar-refractivity contribution in [2.75, 3.05) is 6.26 Å². The summed E-state index contributed by atoms with van der Waals surface area (Å²) >= 11 is 1.95. The Hall–Kier alpha value is -0.810. The number of nitrogens with one attached hydrogen (secondary N) is 2. The van der Waals surface area contributed by atoms with Gasteiger partial charge < -0.3 is 10.3 Å². The molecule has 106 valence electrons. The number of nitrogens with zero attached hydrogens (tertiary/aromatic N) is 1. The van der Waals surface area contributed by atoms with E-state index in [1.165, 1.54) is 19.3 Å². The van der Waals surface area contributed by atoms with Gasteiger partial charge >= 0.3 is 0 Å². The van der Waals surface area contributed by atoms with E-state index in [0.29, 0.717) is 11.9 Å². The van der Waals surface area contributed by atoms with E-state index in [4.69, 9.17) is 0 Å². The first-order valence-electron chi connectivity index (χ1n) is 6.87. The maximum absolute atomic E-state index is 12.1. The molecule has 1 aliphatic carbocycles. The smallest absolute Gasteiger partial charge is 0.255 e. The summed E-state index contributed by atoms with van der Waals surface area (Å²) in [6, 6.07) is 0.579. The second-order valence-corrected chi connectivity index (χ2v) is 6.54. The first kappa shape index (κ1) is 14.6. The summed E-state index contributed by atoms with van der Waals surface area (Å²) in [7, 11) is 0. The lowest BCUT2D eigenvalue weighted by Crippen LogP contribution is -2.34. The molecule has 1 aliphatic rings. The van der Waals surface area contributed by atoms with Crippen molar-refractivity contribution in [1.29, 1.82) is 0 Å². The zero-order chi connectivity index (χ0) is 14.0. The molecule has 1 aromatic heterocycles. The fraction of sp³-hybridized carbons (Fsp3) is 0.714. The highest BCUT2D eigenvalue weighted by Gasteiger charge is 2.26. The molecule has 4 nitrogen and oxygen atoms in total. The first-order valence-corrected chi connectivity index (χ1v) is 8.16. The first-order chi connectivity index (χ1) is 9.01. The monoisotopic (exact) mass is 281 g/mol. The lowest BCUT2D eigenvalue weighted by molar-refractivity contribution is 0.457. The van der Waals surface area contributed by atoms with Crippen LogP contribution in [0.25, 0.3) is 0 Å². The average Bonchev–Trinajstić information content (AvgIpc) is 2.75. The van der Waals surface area contributed by atoms with E-state index in [-0.39, 0.29) is 11.6 Å². The number of hydrogen-bond acceptors (Lipinski definition) is 4. The number of H-pyrrole nitrogens is 1. The molecule has 1 saturated carbocycles. The normalized spacial score (nSPS) is 24.6. The van der Waals surface area contributed by atoms with Gasteiger partial charge in [0.1, 0.15) is 5.82 Å². The van der Waals surface area contributed by atoms with Crippen LogP contribution in [-0.2, 0) is 0 Å². The second-order valence-electron chi connectivity index (χ2n) is 5.41. The van der Waals surface area contributed by atoms with Crippen LogP contribution in [0.4, 0.5) is 0 Å². The van der Waals surface area contributed by atoms with Crippen LogP contribution in [0.15, 0.2) is 4.79 Å². The largest absolute Gasteiger partial charge is 0.310 e. The molecule has 5 heteroatoms. The Morgan fingerprint density at radius 2 is 2.16 bits per heavy atom. The van der Waals surface area contributed by atoms with Crippen LogP contribution in [0, 0.1) is 13.8 Å². The van der Waals surface area contributed by atoms with Gasteiger partial charge in [0.25, 0.3) is 5.56 Å². The number of rotatable bonds is 4. The summed E-state index contributed by atoms with van der Waals surface area (Å²) in [5, 5.41) is 4.35. The van der Waals surface area contributed by atoms with Crippen LogP contribution in [-0.4, -0.2) is 27.5 Å². The third-order valence-corrected chi connectivity index (χ3v) is 5.00. The van der Waals surface area contributed by atoms with Gasteiger partial charge in [0, 0.05) is 23.0 Å².